The molecule has 0 fully saturated rings. The van der Waals surface area contributed by atoms with Crippen molar-refractivity contribution in [2.24, 2.45) is 5.73 Å². The largest absolute Gasteiger partial charge is 0.388 e. The van der Waals surface area contributed by atoms with E-state index >= 15 is 0 Å². The quantitative estimate of drug-likeness (QED) is 0.558. The SMILES string of the molecule is CCC(C)(O)COCCCN. The minimum absolute atomic E-state index is 0.406. The summed E-state index contributed by atoms with van der Waals surface area (Å²) in [6.45, 7) is 5.41. The normalized spacial score (nSPS) is 16.4. The van der Waals surface area contributed by atoms with E-state index in [1.54, 1.807) is 6.92 Å². The van der Waals surface area contributed by atoms with Gasteiger partial charge in [-0.25, -0.2) is 0 Å². The highest BCUT2D eigenvalue weighted by molar-refractivity contribution is 4.68. The van der Waals surface area contributed by atoms with Gasteiger partial charge in [-0.3, -0.25) is 0 Å². The second-order valence-corrected chi connectivity index (χ2v) is 3.05. The van der Waals surface area contributed by atoms with Crippen molar-refractivity contribution < 1.29 is 9.84 Å². The number of rotatable bonds is 6. The molecule has 11 heavy (non-hydrogen) atoms. The molecule has 3 nitrogen and oxygen atoms in total. The van der Waals surface area contributed by atoms with E-state index in [-0.39, 0.29) is 0 Å². The Bertz CT molecular complexity index is 94.1. The van der Waals surface area contributed by atoms with E-state index < -0.39 is 5.60 Å². The number of nitrogens with two attached hydrogens (primary N) is 1. The van der Waals surface area contributed by atoms with E-state index in [2.05, 4.69) is 0 Å². The van der Waals surface area contributed by atoms with Crippen LogP contribution in [0.2, 0.25) is 0 Å². The first-order chi connectivity index (χ1) is 5.12. The highest BCUT2D eigenvalue weighted by atomic mass is 16.5. The summed E-state index contributed by atoms with van der Waals surface area (Å²) in [5.41, 5.74) is 4.60. The lowest BCUT2D eigenvalue weighted by atomic mass is 10.1. The van der Waals surface area contributed by atoms with Crippen molar-refractivity contribution in [2.45, 2.75) is 32.3 Å². The molecule has 1 atom stereocenters. The van der Waals surface area contributed by atoms with Gasteiger partial charge in [0, 0.05) is 6.61 Å². The standard InChI is InChI=1S/C8H19NO2/c1-3-8(2,10)7-11-6-4-5-9/h10H,3-7,9H2,1-2H3. The van der Waals surface area contributed by atoms with Crippen molar-refractivity contribution in [2.75, 3.05) is 19.8 Å². The van der Waals surface area contributed by atoms with E-state index in [1.807, 2.05) is 6.92 Å². The molecule has 0 spiro atoms. The summed E-state index contributed by atoms with van der Waals surface area (Å²) < 4.78 is 5.20. The molecule has 0 radical (unpaired) electrons. The Hall–Kier alpha value is -0.120. The molecule has 0 amide bonds. The first-order valence-corrected chi connectivity index (χ1v) is 4.12. The van der Waals surface area contributed by atoms with Crippen LogP contribution in [0.1, 0.15) is 26.7 Å². The Balaban J connectivity index is 3.23. The zero-order chi connectivity index (χ0) is 8.74. The Kier molecular flexibility index (Phi) is 5.46. The lowest BCUT2D eigenvalue weighted by Gasteiger charge is -2.20. The molecule has 0 aromatic rings. The summed E-state index contributed by atoms with van der Waals surface area (Å²) in [7, 11) is 0. The van der Waals surface area contributed by atoms with Gasteiger partial charge in [0.1, 0.15) is 0 Å². The molecule has 3 N–H and O–H groups in total. The van der Waals surface area contributed by atoms with Gasteiger partial charge in [-0.1, -0.05) is 6.92 Å². The van der Waals surface area contributed by atoms with Crippen molar-refractivity contribution in [1.82, 2.24) is 0 Å². The Morgan fingerprint density at radius 3 is 2.64 bits per heavy atom. The molecule has 0 saturated carbocycles. The summed E-state index contributed by atoms with van der Waals surface area (Å²) in [5.74, 6) is 0. The summed E-state index contributed by atoms with van der Waals surface area (Å²) >= 11 is 0. The van der Waals surface area contributed by atoms with Crippen LogP contribution in [0.4, 0.5) is 0 Å². The lowest BCUT2D eigenvalue weighted by Crippen LogP contribution is -2.29. The van der Waals surface area contributed by atoms with Crippen LogP contribution in [0.15, 0.2) is 0 Å². The van der Waals surface area contributed by atoms with Crippen LogP contribution in [0.5, 0.6) is 0 Å². The number of ether oxygens (including phenoxy) is 1. The van der Waals surface area contributed by atoms with Crippen molar-refractivity contribution in [1.29, 1.82) is 0 Å². The van der Waals surface area contributed by atoms with Gasteiger partial charge < -0.3 is 15.6 Å². The molecular weight excluding hydrogens is 142 g/mol. The molecule has 68 valence electrons. The van der Waals surface area contributed by atoms with E-state index in [1.165, 1.54) is 0 Å². The van der Waals surface area contributed by atoms with E-state index in [4.69, 9.17) is 10.5 Å². The van der Waals surface area contributed by atoms with Gasteiger partial charge >= 0.3 is 0 Å². The summed E-state index contributed by atoms with van der Waals surface area (Å²) in [6, 6.07) is 0. The van der Waals surface area contributed by atoms with Crippen LogP contribution in [0.25, 0.3) is 0 Å². The second-order valence-electron chi connectivity index (χ2n) is 3.05. The molecule has 0 aliphatic rings. The number of aliphatic hydroxyl groups is 1. The van der Waals surface area contributed by atoms with Crippen LogP contribution in [0, 0.1) is 0 Å². The first-order valence-electron chi connectivity index (χ1n) is 4.12. The van der Waals surface area contributed by atoms with Crippen molar-refractivity contribution >= 4 is 0 Å². The minimum Gasteiger partial charge on any atom is -0.388 e. The average molecular weight is 161 g/mol. The van der Waals surface area contributed by atoms with Gasteiger partial charge in [-0.15, -0.1) is 0 Å². The highest BCUT2D eigenvalue weighted by Gasteiger charge is 2.16. The molecule has 0 aliphatic carbocycles. The van der Waals surface area contributed by atoms with Crippen LogP contribution in [0.3, 0.4) is 0 Å². The Labute approximate surface area is 68.5 Å². The molecule has 0 aromatic carbocycles. The molecule has 1 unspecified atom stereocenters. The topological polar surface area (TPSA) is 55.5 Å². The van der Waals surface area contributed by atoms with Crippen LogP contribution >= 0.6 is 0 Å². The predicted molar refractivity (Wildman–Crippen MR) is 45.4 cm³/mol. The number of hydrogen-bond acceptors (Lipinski definition) is 3. The maximum Gasteiger partial charge on any atom is 0.0849 e. The van der Waals surface area contributed by atoms with Gasteiger partial charge in [0.05, 0.1) is 12.2 Å². The monoisotopic (exact) mass is 161 g/mol. The fourth-order valence-electron chi connectivity index (χ4n) is 0.580. The van der Waals surface area contributed by atoms with Gasteiger partial charge in [0.25, 0.3) is 0 Å². The summed E-state index contributed by atoms with van der Waals surface area (Å²) in [6.07, 6.45) is 1.58. The van der Waals surface area contributed by atoms with E-state index in [9.17, 15) is 5.11 Å². The predicted octanol–water partition coefficient (Wildman–Crippen LogP) is 0.513. The molecule has 0 aliphatic heterocycles. The van der Waals surface area contributed by atoms with Crippen LogP contribution in [-0.4, -0.2) is 30.5 Å². The van der Waals surface area contributed by atoms with E-state index in [0.717, 1.165) is 12.8 Å². The molecule has 0 aromatic heterocycles. The molecule has 0 heterocycles. The first kappa shape index (κ1) is 10.9. The third kappa shape index (κ3) is 6.28. The fraction of sp³-hybridized carbons (Fsp3) is 1.00. The third-order valence-electron chi connectivity index (χ3n) is 1.67. The second kappa shape index (κ2) is 5.52. The fourth-order valence-corrected chi connectivity index (χ4v) is 0.580. The van der Waals surface area contributed by atoms with Crippen LogP contribution in [-0.2, 0) is 4.74 Å². The van der Waals surface area contributed by atoms with Crippen molar-refractivity contribution in [3.8, 4) is 0 Å². The average Bonchev–Trinajstić information content (AvgIpc) is 1.99. The highest BCUT2D eigenvalue weighted by Crippen LogP contribution is 2.08. The molecule has 0 bridgehead atoms. The Morgan fingerprint density at radius 2 is 2.18 bits per heavy atom. The molecule has 3 heteroatoms. The van der Waals surface area contributed by atoms with Crippen molar-refractivity contribution in [3.05, 3.63) is 0 Å². The van der Waals surface area contributed by atoms with Crippen LogP contribution < -0.4 is 5.73 Å². The smallest absolute Gasteiger partial charge is 0.0849 e. The van der Waals surface area contributed by atoms with Gasteiger partial charge in [-0.2, -0.15) is 0 Å². The zero-order valence-corrected chi connectivity index (χ0v) is 7.47. The maximum absolute atomic E-state index is 9.47. The molecule has 0 saturated heterocycles. The summed E-state index contributed by atoms with van der Waals surface area (Å²) in [4.78, 5) is 0. The van der Waals surface area contributed by atoms with Crippen molar-refractivity contribution in [3.63, 3.8) is 0 Å². The Morgan fingerprint density at radius 1 is 1.55 bits per heavy atom. The third-order valence-corrected chi connectivity index (χ3v) is 1.67. The zero-order valence-electron chi connectivity index (χ0n) is 7.47. The minimum atomic E-state index is -0.672. The lowest BCUT2D eigenvalue weighted by molar-refractivity contribution is -0.0358. The molecule has 0 rings (SSSR count). The van der Waals surface area contributed by atoms with Gasteiger partial charge in [0.15, 0.2) is 0 Å². The maximum atomic E-state index is 9.47. The number of hydrogen-bond donors (Lipinski definition) is 2. The summed E-state index contributed by atoms with van der Waals surface area (Å²) in [5, 5.41) is 9.47. The van der Waals surface area contributed by atoms with Gasteiger partial charge in [0.2, 0.25) is 0 Å². The van der Waals surface area contributed by atoms with Gasteiger partial charge in [-0.05, 0) is 26.3 Å². The molecular formula is C8H19NO2. The van der Waals surface area contributed by atoms with E-state index in [0.29, 0.717) is 19.8 Å².